The van der Waals surface area contributed by atoms with Crippen LogP contribution in [0.1, 0.15) is 74.3 Å². The first-order chi connectivity index (χ1) is 24.5. The summed E-state index contributed by atoms with van der Waals surface area (Å²) >= 11 is 0. The maximum absolute atomic E-state index is 12.2. The third-order valence-corrected chi connectivity index (χ3v) is 8.43. The van der Waals surface area contributed by atoms with E-state index in [0.29, 0.717) is 58.2 Å². The lowest BCUT2D eigenvalue weighted by Crippen LogP contribution is -2.33. The predicted octanol–water partition coefficient (Wildman–Crippen LogP) is 4.55. The van der Waals surface area contributed by atoms with Gasteiger partial charge in [-0.15, -0.1) is 0 Å². The molecule has 3 rings (SSSR count). The van der Waals surface area contributed by atoms with E-state index in [1.165, 1.54) is 0 Å². The molecular formula is C38H59N9O3. The zero-order valence-electron chi connectivity index (χ0n) is 30.1. The minimum Gasteiger partial charge on any atom is -0.496 e. The molecule has 0 fully saturated rings. The van der Waals surface area contributed by atoms with Crippen LogP contribution in [0.15, 0.2) is 64.7 Å². The Labute approximate surface area is 298 Å². The molecule has 0 aliphatic heterocycles. The molecule has 0 bridgehead atoms. The molecule has 12 heteroatoms. The summed E-state index contributed by atoms with van der Waals surface area (Å²) in [5, 5.41) is 19.5. The highest BCUT2D eigenvalue weighted by Gasteiger charge is 2.17. The van der Waals surface area contributed by atoms with Crippen molar-refractivity contribution >= 4 is 29.8 Å². The van der Waals surface area contributed by atoms with E-state index in [9.17, 15) is 9.90 Å². The number of nitrogens with zero attached hydrogens (tertiary/aromatic N) is 4. The van der Waals surface area contributed by atoms with Crippen molar-refractivity contribution in [3.05, 3.63) is 77.1 Å². The zero-order valence-corrected chi connectivity index (χ0v) is 30.1. The van der Waals surface area contributed by atoms with Crippen LogP contribution in [-0.4, -0.2) is 86.1 Å². The molecule has 274 valence electrons. The number of carbonyl (C=O) groups is 1. The van der Waals surface area contributed by atoms with Gasteiger partial charge in [-0.2, -0.15) is 0 Å². The highest BCUT2D eigenvalue weighted by atomic mass is 16.5. The number of aliphatic imine (C=N–C) groups is 2. The number of nitrogens with one attached hydrogen (secondary N) is 3. The van der Waals surface area contributed by atoms with Gasteiger partial charge in [0.25, 0.3) is 0 Å². The van der Waals surface area contributed by atoms with Crippen LogP contribution < -0.4 is 32.2 Å². The molecule has 0 saturated heterocycles. The summed E-state index contributed by atoms with van der Waals surface area (Å²) in [6, 6.07) is 16.2. The first-order valence-corrected chi connectivity index (χ1v) is 17.9. The quantitative estimate of drug-likeness (QED) is 0.0326. The Bertz CT molecular complexity index is 1460. The first kappa shape index (κ1) is 40.4. The fraction of sp³-hybridized carbons (Fsp3) is 0.500. The lowest BCUT2D eigenvalue weighted by atomic mass is 10.1. The number of aliphatic hydroxyl groups is 1. The third kappa shape index (κ3) is 13.7. The Morgan fingerprint density at radius 3 is 2.52 bits per heavy atom. The standard InChI is InChI=1S/C38H59N9O3/c1-4-5-9-19-43-38(41-2)37-34(44-29-40)17-21-47(37)28-32-14-11-31(25-35(32)50-3)27-46(23-24-48)22-20-42-26-30-12-15-33(16-13-30)45-36(49)10-7-6-8-18-39/h11-17,21,25,42,44,48H,2,4-10,18-20,22-24,26-29,39-40H2,1,3H3,(H,45,49). The molecule has 0 aliphatic carbocycles. The summed E-state index contributed by atoms with van der Waals surface area (Å²) in [4.78, 5) is 23.4. The average molecular weight is 690 g/mol. The molecule has 50 heavy (non-hydrogen) atoms. The molecule has 3 aromatic rings. The number of nitrogens with two attached hydrogens (primary N) is 2. The molecule has 1 heterocycles. The molecule has 2 aromatic carbocycles. The lowest BCUT2D eigenvalue weighted by Gasteiger charge is -2.22. The number of benzene rings is 2. The molecule has 0 unspecified atom stereocenters. The van der Waals surface area contributed by atoms with Gasteiger partial charge in [0.2, 0.25) is 5.91 Å². The highest BCUT2D eigenvalue weighted by molar-refractivity contribution is 6.04. The minimum absolute atomic E-state index is 0.0340. The summed E-state index contributed by atoms with van der Waals surface area (Å²) in [5.41, 5.74) is 17.1. The van der Waals surface area contributed by atoms with Crippen molar-refractivity contribution in [2.24, 2.45) is 21.5 Å². The number of methoxy groups -OCH3 is 1. The zero-order chi connectivity index (χ0) is 36.0. The number of amides is 1. The molecule has 12 nitrogen and oxygen atoms in total. The van der Waals surface area contributed by atoms with Crippen LogP contribution in [0.5, 0.6) is 5.75 Å². The smallest absolute Gasteiger partial charge is 0.224 e. The fourth-order valence-electron chi connectivity index (χ4n) is 5.73. The first-order valence-electron chi connectivity index (χ1n) is 17.9. The summed E-state index contributed by atoms with van der Waals surface area (Å²) in [5.74, 6) is 1.42. The number of carbonyl (C=O) groups excluding carboxylic acids is 1. The number of amidine groups is 1. The van der Waals surface area contributed by atoms with E-state index in [2.05, 4.69) is 62.3 Å². The Morgan fingerprint density at radius 1 is 1.02 bits per heavy atom. The van der Waals surface area contributed by atoms with Crippen molar-refractivity contribution in [1.29, 1.82) is 0 Å². The highest BCUT2D eigenvalue weighted by Crippen LogP contribution is 2.26. The van der Waals surface area contributed by atoms with E-state index in [1.807, 2.05) is 36.5 Å². The van der Waals surface area contributed by atoms with Gasteiger partial charge < -0.3 is 41.8 Å². The van der Waals surface area contributed by atoms with E-state index >= 15 is 0 Å². The van der Waals surface area contributed by atoms with Gasteiger partial charge in [0.15, 0.2) is 5.84 Å². The van der Waals surface area contributed by atoms with Crippen LogP contribution in [0.3, 0.4) is 0 Å². The van der Waals surface area contributed by atoms with E-state index in [4.69, 9.17) is 21.2 Å². The summed E-state index contributed by atoms with van der Waals surface area (Å²) in [7, 11) is 1.69. The van der Waals surface area contributed by atoms with Gasteiger partial charge in [-0.3, -0.25) is 14.7 Å². The molecular weight excluding hydrogens is 630 g/mol. The van der Waals surface area contributed by atoms with Gasteiger partial charge in [-0.25, -0.2) is 4.99 Å². The largest absolute Gasteiger partial charge is 0.496 e. The van der Waals surface area contributed by atoms with Gasteiger partial charge in [-0.05, 0) is 67.9 Å². The van der Waals surface area contributed by atoms with Crippen molar-refractivity contribution in [2.45, 2.75) is 71.5 Å². The lowest BCUT2D eigenvalue weighted by molar-refractivity contribution is -0.116. The molecule has 1 aromatic heterocycles. The maximum atomic E-state index is 12.2. The normalized spacial score (nSPS) is 11.6. The number of aromatic nitrogens is 1. The van der Waals surface area contributed by atoms with E-state index in [0.717, 1.165) is 91.1 Å². The van der Waals surface area contributed by atoms with Crippen LogP contribution in [0, 0.1) is 0 Å². The monoisotopic (exact) mass is 689 g/mol. The van der Waals surface area contributed by atoms with Crippen molar-refractivity contribution in [2.75, 3.05) is 63.7 Å². The second-order valence-electron chi connectivity index (χ2n) is 12.3. The minimum atomic E-state index is 0.0340. The van der Waals surface area contributed by atoms with Gasteiger partial charge in [0.05, 0.1) is 32.6 Å². The second kappa shape index (κ2) is 23.4. The van der Waals surface area contributed by atoms with Crippen LogP contribution in [0.2, 0.25) is 0 Å². The van der Waals surface area contributed by atoms with E-state index in [1.54, 1.807) is 7.11 Å². The molecule has 0 radical (unpaired) electrons. The van der Waals surface area contributed by atoms with Crippen molar-refractivity contribution < 1.29 is 14.6 Å². The van der Waals surface area contributed by atoms with E-state index < -0.39 is 0 Å². The predicted molar refractivity (Wildman–Crippen MR) is 206 cm³/mol. The van der Waals surface area contributed by atoms with Crippen LogP contribution in [0.4, 0.5) is 11.4 Å². The number of hydrogen-bond donors (Lipinski definition) is 6. The molecule has 0 spiro atoms. The van der Waals surface area contributed by atoms with Crippen LogP contribution in [-0.2, 0) is 24.4 Å². The molecule has 0 saturated carbocycles. The maximum Gasteiger partial charge on any atom is 0.224 e. The van der Waals surface area contributed by atoms with Crippen LogP contribution >= 0.6 is 0 Å². The van der Waals surface area contributed by atoms with Gasteiger partial charge in [0, 0.05) is 63.1 Å². The number of anilines is 2. The van der Waals surface area contributed by atoms with Crippen molar-refractivity contribution in [1.82, 2.24) is 14.8 Å². The van der Waals surface area contributed by atoms with Crippen molar-refractivity contribution in [3.8, 4) is 5.75 Å². The Hall–Kier alpha value is -4.07. The molecule has 0 aliphatic rings. The average Bonchev–Trinajstić information content (AvgIpc) is 3.51. The molecule has 1 amide bonds. The number of ether oxygens (including phenoxy) is 1. The fourth-order valence-corrected chi connectivity index (χ4v) is 5.73. The summed E-state index contributed by atoms with van der Waals surface area (Å²) < 4.78 is 7.95. The number of aliphatic hydroxyl groups excluding tert-OH is 1. The van der Waals surface area contributed by atoms with Crippen molar-refractivity contribution in [3.63, 3.8) is 0 Å². The molecule has 8 N–H and O–H groups in total. The summed E-state index contributed by atoms with van der Waals surface area (Å²) in [6.45, 7) is 11.7. The van der Waals surface area contributed by atoms with Gasteiger partial charge in [-0.1, -0.05) is 50.5 Å². The topological polar surface area (TPSA) is 168 Å². The van der Waals surface area contributed by atoms with Gasteiger partial charge >= 0.3 is 0 Å². The number of unbranched alkanes of at least 4 members (excludes halogenated alkanes) is 4. The molecule has 0 atom stereocenters. The number of hydrogen-bond acceptors (Lipinski definition) is 9. The Balaban J connectivity index is 1.58. The second-order valence-corrected chi connectivity index (χ2v) is 12.3. The van der Waals surface area contributed by atoms with E-state index in [-0.39, 0.29) is 12.5 Å². The Kier molecular flexibility index (Phi) is 18.9. The van der Waals surface area contributed by atoms with Crippen LogP contribution in [0.25, 0.3) is 0 Å². The summed E-state index contributed by atoms with van der Waals surface area (Å²) in [6.07, 6.45) is 8.54. The Morgan fingerprint density at radius 2 is 1.82 bits per heavy atom. The van der Waals surface area contributed by atoms with Gasteiger partial charge in [0.1, 0.15) is 11.4 Å². The third-order valence-electron chi connectivity index (χ3n) is 8.43. The number of rotatable bonds is 25. The SMILES string of the molecule is C=NC(=NCCCCC)c1c(NCN)ccn1Cc1ccc(CN(CCO)CCNCc2ccc(NC(=O)CCCCCN)cc2)cc1OC.